The number of amides is 1. The molecule has 0 bridgehead atoms. The van der Waals surface area contributed by atoms with E-state index in [2.05, 4.69) is 30.8 Å². The van der Waals surface area contributed by atoms with Crippen LogP contribution in [0.2, 0.25) is 0 Å². The quantitative estimate of drug-likeness (QED) is 0.304. The minimum atomic E-state index is -0.127. The van der Waals surface area contributed by atoms with E-state index in [4.69, 9.17) is 0 Å². The van der Waals surface area contributed by atoms with E-state index >= 15 is 0 Å². The summed E-state index contributed by atoms with van der Waals surface area (Å²) < 4.78 is 1.74. The summed E-state index contributed by atoms with van der Waals surface area (Å²) in [6.07, 6.45) is 0. The average molecular weight is 444 g/mol. The van der Waals surface area contributed by atoms with Crippen molar-refractivity contribution in [2.75, 3.05) is 11.1 Å². The molecule has 0 aliphatic carbocycles. The van der Waals surface area contributed by atoms with Crippen LogP contribution in [0.15, 0.2) is 88.1 Å². The summed E-state index contributed by atoms with van der Waals surface area (Å²) in [5.41, 5.74) is 4.10. The van der Waals surface area contributed by atoms with Crippen molar-refractivity contribution in [2.45, 2.75) is 18.9 Å². The second-order valence-corrected chi connectivity index (χ2v) is 7.98. The van der Waals surface area contributed by atoms with Gasteiger partial charge in [0.15, 0.2) is 5.82 Å². The molecule has 32 heavy (non-hydrogen) atoms. The Kier molecular flexibility index (Phi) is 6.66. The third kappa shape index (κ3) is 5.64. The number of carbonyl (C=O) groups excluding carboxylic acids is 1. The monoisotopic (exact) mass is 443 g/mol. The fourth-order valence-electron chi connectivity index (χ4n) is 2.92. The highest BCUT2D eigenvalue weighted by Crippen LogP contribution is 2.21. The smallest absolute Gasteiger partial charge is 0.234 e. The molecule has 2 aromatic heterocycles. The number of anilines is 1. The summed E-state index contributed by atoms with van der Waals surface area (Å²) in [4.78, 5) is 12.3. The first kappa shape index (κ1) is 21.4. The number of azo groups is 1. The summed E-state index contributed by atoms with van der Waals surface area (Å²) in [7, 11) is 0. The van der Waals surface area contributed by atoms with Gasteiger partial charge in [-0.3, -0.25) is 4.79 Å². The number of rotatable bonds is 7. The Bertz CT molecular complexity index is 1220. The minimum absolute atomic E-state index is 0.127. The maximum atomic E-state index is 12.3. The van der Waals surface area contributed by atoms with Gasteiger partial charge in [-0.05, 0) is 68.4 Å². The van der Waals surface area contributed by atoms with E-state index in [1.54, 1.807) is 28.9 Å². The van der Waals surface area contributed by atoms with Gasteiger partial charge in [0.05, 0.1) is 22.8 Å². The summed E-state index contributed by atoms with van der Waals surface area (Å²) in [6, 6.07) is 22.4. The van der Waals surface area contributed by atoms with Crippen LogP contribution in [0.3, 0.4) is 0 Å². The van der Waals surface area contributed by atoms with Crippen molar-refractivity contribution >= 4 is 34.7 Å². The number of thioether (sulfide) groups is 1. The lowest BCUT2D eigenvalue weighted by Crippen LogP contribution is -2.14. The molecule has 2 aromatic carbocycles. The number of hydrogen-bond acceptors (Lipinski definition) is 7. The van der Waals surface area contributed by atoms with Crippen LogP contribution in [-0.2, 0) is 4.79 Å². The van der Waals surface area contributed by atoms with Crippen molar-refractivity contribution < 1.29 is 4.79 Å². The highest BCUT2D eigenvalue weighted by molar-refractivity contribution is 7.99. The van der Waals surface area contributed by atoms with E-state index in [-0.39, 0.29) is 11.7 Å². The molecule has 0 aliphatic heterocycles. The summed E-state index contributed by atoms with van der Waals surface area (Å²) in [5, 5.41) is 24.7. The van der Waals surface area contributed by atoms with E-state index < -0.39 is 0 Å². The number of nitrogens with zero attached hydrogens (tertiary/aromatic N) is 6. The number of aryl methyl sites for hydroxylation is 2. The zero-order chi connectivity index (χ0) is 22.3. The Labute approximate surface area is 189 Å². The number of nitrogens with one attached hydrogen (secondary N) is 1. The Morgan fingerprint density at radius 1 is 0.938 bits per heavy atom. The molecule has 0 unspecified atom stereocenters. The first-order chi connectivity index (χ1) is 15.6. The highest BCUT2D eigenvalue weighted by atomic mass is 32.2. The van der Waals surface area contributed by atoms with Gasteiger partial charge in [-0.15, -0.1) is 10.2 Å². The standard InChI is InChI=1S/C23H21N7OS/c1-16-14-17(2)30(29-16)21-12-13-23(28-27-21)32-15-22(31)24-18-8-10-20(11-9-18)26-25-19-6-4-3-5-7-19/h3-14H,15H2,1-2H3,(H,24,31). The molecule has 0 atom stereocenters. The van der Waals surface area contributed by atoms with Gasteiger partial charge in [0, 0.05) is 11.4 Å². The number of carbonyl (C=O) groups is 1. The Balaban J connectivity index is 1.28. The molecule has 0 saturated carbocycles. The van der Waals surface area contributed by atoms with Gasteiger partial charge in [0.25, 0.3) is 0 Å². The molecule has 9 heteroatoms. The van der Waals surface area contributed by atoms with Crippen LogP contribution in [0.1, 0.15) is 11.4 Å². The van der Waals surface area contributed by atoms with Crippen LogP contribution in [0, 0.1) is 13.8 Å². The lowest BCUT2D eigenvalue weighted by atomic mass is 10.3. The van der Waals surface area contributed by atoms with Crippen molar-refractivity contribution in [3.8, 4) is 5.82 Å². The van der Waals surface area contributed by atoms with Gasteiger partial charge in [-0.2, -0.15) is 15.3 Å². The number of hydrogen-bond donors (Lipinski definition) is 1. The van der Waals surface area contributed by atoms with Crippen molar-refractivity contribution in [2.24, 2.45) is 10.2 Å². The van der Waals surface area contributed by atoms with Gasteiger partial charge in [0.1, 0.15) is 5.03 Å². The lowest BCUT2D eigenvalue weighted by Gasteiger charge is -2.06. The minimum Gasteiger partial charge on any atom is -0.325 e. The average Bonchev–Trinajstić information content (AvgIpc) is 3.16. The molecule has 0 fully saturated rings. The SMILES string of the molecule is Cc1cc(C)n(-c2ccc(SCC(=O)Nc3ccc(N=Nc4ccccc4)cc3)nn2)n1. The van der Waals surface area contributed by atoms with E-state index in [1.165, 1.54) is 11.8 Å². The van der Waals surface area contributed by atoms with Crippen LogP contribution < -0.4 is 5.32 Å². The highest BCUT2D eigenvalue weighted by Gasteiger charge is 2.08. The summed E-state index contributed by atoms with van der Waals surface area (Å²) in [5.74, 6) is 0.746. The van der Waals surface area contributed by atoms with E-state index in [1.807, 2.05) is 62.4 Å². The summed E-state index contributed by atoms with van der Waals surface area (Å²) in [6.45, 7) is 3.90. The number of benzene rings is 2. The zero-order valence-corrected chi connectivity index (χ0v) is 18.5. The topological polar surface area (TPSA) is 97.4 Å². The number of aromatic nitrogens is 4. The van der Waals surface area contributed by atoms with Crippen molar-refractivity contribution in [3.05, 3.63) is 84.2 Å². The molecule has 0 aliphatic rings. The van der Waals surface area contributed by atoms with Crippen molar-refractivity contribution in [1.29, 1.82) is 0 Å². The molecule has 0 saturated heterocycles. The van der Waals surface area contributed by atoms with E-state index in [9.17, 15) is 4.79 Å². The Morgan fingerprint density at radius 2 is 1.66 bits per heavy atom. The second kappa shape index (κ2) is 9.97. The molecular formula is C23H21N7OS. The van der Waals surface area contributed by atoms with Gasteiger partial charge >= 0.3 is 0 Å². The first-order valence-electron chi connectivity index (χ1n) is 9.94. The predicted molar refractivity (Wildman–Crippen MR) is 125 cm³/mol. The Hall–Kier alpha value is -3.85. The van der Waals surface area contributed by atoms with Crippen LogP contribution in [0.4, 0.5) is 17.1 Å². The second-order valence-electron chi connectivity index (χ2n) is 6.99. The normalized spacial score (nSPS) is 11.1. The maximum Gasteiger partial charge on any atom is 0.234 e. The summed E-state index contributed by atoms with van der Waals surface area (Å²) >= 11 is 1.32. The molecule has 4 aromatic rings. The molecule has 0 radical (unpaired) electrons. The molecule has 160 valence electrons. The van der Waals surface area contributed by atoms with Crippen LogP contribution in [0.25, 0.3) is 5.82 Å². The third-order valence-corrected chi connectivity index (χ3v) is 5.31. The fraction of sp³-hybridized carbons (Fsp3) is 0.130. The molecule has 1 N–H and O–H groups in total. The van der Waals surface area contributed by atoms with Gasteiger partial charge in [-0.25, -0.2) is 4.68 Å². The molecule has 4 rings (SSSR count). The molecule has 2 heterocycles. The largest absolute Gasteiger partial charge is 0.325 e. The maximum absolute atomic E-state index is 12.3. The van der Waals surface area contributed by atoms with E-state index in [0.717, 1.165) is 17.1 Å². The molecule has 8 nitrogen and oxygen atoms in total. The molecular weight excluding hydrogens is 422 g/mol. The Morgan fingerprint density at radius 3 is 2.28 bits per heavy atom. The van der Waals surface area contributed by atoms with E-state index in [0.29, 0.717) is 22.2 Å². The fourth-order valence-corrected chi connectivity index (χ4v) is 3.54. The van der Waals surface area contributed by atoms with Gasteiger partial charge in [0.2, 0.25) is 5.91 Å². The van der Waals surface area contributed by atoms with Crippen LogP contribution >= 0.6 is 11.8 Å². The molecule has 0 spiro atoms. The first-order valence-corrected chi connectivity index (χ1v) is 10.9. The zero-order valence-electron chi connectivity index (χ0n) is 17.6. The van der Waals surface area contributed by atoms with Crippen molar-refractivity contribution in [1.82, 2.24) is 20.0 Å². The van der Waals surface area contributed by atoms with Crippen LogP contribution in [0.5, 0.6) is 0 Å². The van der Waals surface area contributed by atoms with Crippen molar-refractivity contribution in [3.63, 3.8) is 0 Å². The molecule has 1 amide bonds. The third-order valence-electron chi connectivity index (χ3n) is 4.39. The lowest BCUT2D eigenvalue weighted by molar-refractivity contribution is -0.113. The predicted octanol–water partition coefficient (Wildman–Crippen LogP) is 5.43. The van der Waals surface area contributed by atoms with Crippen LogP contribution in [-0.4, -0.2) is 31.6 Å². The van der Waals surface area contributed by atoms with Gasteiger partial charge in [-0.1, -0.05) is 30.0 Å². The van der Waals surface area contributed by atoms with Gasteiger partial charge < -0.3 is 5.32 Å².